The van der Waals surface area contributed by atoms with Crippen LogP contribution in [0.4, 0.5) is 5.82 Å². The Hall–Kier alpha value is -1.69. The summed E-state index contributed by atoms with van der Waals surface area (Å²) in [5.74, 6) is -0.112. The molecule has 0 amide bonds. The molecule has 118 valence electrons. The van der Waals surface area contributed by atoms with Crippen molar-refractivity contribution in [2.75, 3.05) is 5.32 Å². The second kappa shape index (κ2) is 6.20. The molecule has 1 aliphatic carbocycles. The zero-order valence-corrected chi connectivity index (χ0v) is 13.7. The molecule has 3 rings (SSSR count). The molecule has 2 atom stereocenters. The van der Waals surface area contributed by atoms with Crippen molar-refractivity contribution < 1.29 is 9.90 Å². The van der Waals surface area contributed by atoms with Crippen molar-refractivity contribution in [2.45, 2.75) is 52.0 Å². The molecule has 22 heavy (non-hydrogen) atoms. The Morgan fingerprint density at radius 3 is 2.91 bits per heavy atom. The van der Waals surface area contributed by atoms with Gasteiger partial charge in [0.05, 0.1) is 5.39 Å². The summed E-state index contributed by atoms with van der Waals surface area (Å²) >= 11 is 1.72. The second-order valence-corrected chi connectivity index (χ2v) is 7.04. The number of rotatable bonds is 5. The van der Waals surface area contributed by atoms with Crippen molar-refractivity contribution in [2.24, 2.45) is 5.92 Å². The van der Waals surface area contributed by atoms with Crippen LogP contribution in [0, 0.1) is 5.92 Å². The minimum Gasteiger partial charge on any atom is -0.480 e. The van der Waals surface area contributed by atoms with Crippen LogP contribution in [0.5, 0.6) is 0 Å². The number of nitrogens with one attached hydrogen (secondary N) is 1. The van der Waals surface area contributed by atoms with E-state index >= 15 is 0 Å². The van der Waals surface area contributed by atoms with Crippen molar-refractivity contribution in [1.82, 2.24) is 9.97 Å². The van der Waals surface area contributed by atoms with Gasteiger partial charge < -0.3 is 10.4 Å². The molecule has 0 fully saturated rings. The van der Waals surface area contributed by atoms with Crippen LogP contribution in [-0.2, 0) is 17.6 Å². The minimum atomic E-state index is -0.829. The molecule has 6 heteroatoms. The Kier molecular flexibility index (Phi) is 4.29. The van der Waals surface area contributed by atoms with Crippen LogP contribution in [0.3, 0.4) is 0 Å². The first-order chi connectivity index (χ1) is 10.6. The second-order valence-electron chi connectivity index (χ2n) is 5.96. The molecule has 2 aromatic rings. The fourth-order valence-corrected chi connectivity index (χ4v) is 4.26. The van der Waals surface area contributed by atoms with Crippen LogP contribution in [0.15, 0.2) is 6.33 Å². The van der Waals surface area contributed by atoms with Gasteiger partial charge in [-0.25, -0.2) is 14.8 Å². The average molecular weight is 319 g/mol. The van der Waals surface area contributed by atoms with Gasteiger partial charge in [0.15, 0.2) is 0 Å². The van der Waals surface area contributed by atoms with Gasteiger partial charge in [-0.2, -0.15) is 0 Å². The van der Waals surface area contributed by atoms with E-state index in [1.807, 2.05) is 13.8 Å². The third kappa shape index (κ3) is 2.67. The van der Waals surface area contributed by atoms with Crippen molar-refractivity contribution in [3.8, 4) is 0 Å². The van der Waals surface area contributed by atoms with Gasteiger partial charge in [0.25, 0.3) is 0 Å². The van der Waals surface area contributed by atoms with E-state index in [9.17, 15) is 9.90 Å². The maximum Gasteiger partial charge on any atom is 0.326 e. The predicted molar refractivity (Wildman–Crippen MR) is 88.6 cm³/mol. The summed E-state index contributed by atoms with van der Waals surface area (Å²) < 4.78 is 0. The lowest BCUT2D eigenvalue weighted by molar-refractivity contribution is -0.139. The molecule has 0 saturated heterocycles. The highest BCUT2D eigenvalue weighted by Gasteiger charge is 2.26. The molecule has 0 aromatic carbocycles. The Morgan fingerprint density at radius 1 is 1.41 bits per heavy atom. The molecule has 0 bridgehead atoms. The quantitative estimate of drug-likeness (QED) is 0.882. The number of carbonyl (C=O) groups is 1. The fourth-order valence-electron chi connectivity index (χ4n) is 3.03. The third-order valence-electron chi connectivity index (χ3n) is 4.52. The summed E-state index contributed by atoms with van der Waals surface area (Å²) in [6.45, 7) is 3.96. The van der Waals surface area contributed by atoms with Crippen LogP contribution in [0.2, 0.25) is 0 Å². The Morgan fingerprint density at radius 2 is 2.18 bits per heavy atom. The minimum absolute atomic E-state index is 0.0389. The number of aliphatic carboxylic acids is 1. The number of carboxylic acids is 1. The van der Waals surface area contributed by atoms with Crippen LogP contribution < -0.4 is 5.32 Å². The number of hydrogen-bond donors (Lipinski definition) is 2. The van der Waals surface area contributed by atoms with E-state index in [0.29, 0.717) is 5.82 Å². The number of anilines is 1. The van der Waals surface area contributed by atoms with E-state index in [0.717, 1.165) is 29.5 Å². The molecule has 0 saturated carbocycles. The van der Waals surface area contributed by atoms with Gasteiger partial charge in [-0.15, -0.1) is 11.3 Å². The SMILES string of the molecule is CC[C@H](C)[C@@H](Nc1ncnc2sc3c(c12)CCCC3)C(=O)O. The molecular weight excluding hydrogens is 298 g/mol. The zero-order valence-electron chi connectivity index (χ0n) is 12.9. The van der Waals surface area contributed by atoms with Crippen molar-refractivity contribution >= 4 is 33.3 Å². The Bertz CT molecular complexity index is 698. The first-order valence-electron chi connectivity index (χ1n) is 7.86. The molecule has 0 spiro atoms. The van der Waals surface area contributed by atoms with E-state index in [-0.39, 0.29) is 5.92 Å². The number of nitrogens with zero attached hydrogens (tertiary/aromatic N) is 2. The fraction of sp³-hybridized carbons (Fsp3) is 0.562. The zero-order chi connectivity index (χ0) is 15.7. The first kappa shape index (κ1) is 15.2. The number of carboxylic acid groups (broad SMARTS) is 1. The Balaban J connectivity index is 2.03. The maximum atomic E-state index is 11.6. The van der Waals surface area contributed by atoms with Gasteiger partial charge in [-0.1, -0.05) is 20.3 Å². The molecule has 0 radical (unpaired) electrons. The molecule has 0 aliphatic heterocycles. The van der Waals surface area contributed by atoms with Crippen molar-refractivity contribution in [3.63, 3.8) is 0 Å². The van der Waals surface area contributed by atoms with Gasteiger partial charge in [0.1, 0.15) is 23.0 Å². The van der Waals surface area contributed by atoms with Crippen LogP contribution >= 0.6 is 11.3 Å². The number of fused-ring (bicyclic) bond motifs is 3. The van der Waals surface area contributed by atoms with E-state index in [2.05, 4.69) is 15.3 Å². The average Bonchev–Trinajstić information content (AvgIpc) is 2.90. The smallest absolute Gasteiger partial charge is 0.326 e. The molecule has 0 unspecified atom stereocenters. The van der Waals surface area contributed by atoms with Crippen molar-refractivity contribution in [1.29, 1.82) is 0 Å². The van der Waals surface area contributed by atoms with E-state index in [1.54, 1.807) is 11.3 Å². The summed E-state index contributed by atoms with van der Waals surface area (Å²) in [4.78, 5) is 22.7. The van der Waals surface area contributed by atoms with Gasteiger partial charge >= 0.3 is 5.97 Å². The number of thiophene rings is 1. The number of aryl methyl sites for hydroxylation is 2. The van der Waals surface area contributed by atoms with Crippen LogP contribution in [0.1, 0.15) is 43.6 Å². The highest BCUT2D eigenvalue weighted by atomic mass is 32.1. The van der Waals surface area contributed by atoms with Gasteiger partial charge in [-0.3, -0.25) is 0 Å². The Labute approximate surface area is 133 Å². The molecule has 5 nitrogen and oxygen atoms in total. The molecule has 1 aliphatic rings. The summed E-state index contributed by atoms with van der Waals surface area (Å²) in [7, 11) is 0. The lowest BCUT2D eigenvalue weighted by Gasteiger charge is -2.21. The van der Waals surface area contributed by atoms with E-state index in [4.69, 9.17) is 0 Å². The predicted octanol–water partition coefficient (Wildman–Crippen LogP) is 3.48. The van der Waals surface area contributed by atoms with Crippen LogP contribution in [0.25, 0.3) is 10.2 Å². The van der Waals surface area contributed by atoms with E-state index in [1.165, 1.54) is 29.6 Å². The maximum absolute atomic E-state index is 11.6. The van der Waals surface area contributed by atoms with E-state index < -0.39 is 12.0 Å². The number of hydrogen-bond acceptors (Lipinski definition) is 5. The topological polar surface area (TPSA) is 75.1 Å². The molecule has 2 heterocycles. The standard InChI is InChI=1S/C16H21N3O2S/c1-3-9(2)13(16(20)21)19-14-12-10-6-4-5-7-11(10)22-15(12)18-8-17-14/h8-9,13H,3-7H2,1-2H3,(H,20,21)(H,17,18,19)/t9-,13+/m0/s1. The first-order valence-corrected chi connectivity index (χ1v) is 8.68. The monoisotopic (exact) mass is 319 g/mol. The largest absolute Gasteiger partial charge is 0.480 e. The van der Waals surface area contributed by atoms with Crippen molar-refractivity contribution in [3.05, 3.63) is 16.8 Å². The van der Waals surface area contributed by atoms with Gasteiger partial charge in [0.2, 0.25) is 0 Å². The van der Waals surface area contributed by atoms with Gasteiger partial charge in [-0.05, 0) is 37.2 Å². The summed E-state index contributed by atoms with van der Waals surface area (Å²) in [6, 6.07) is -0.623. The lowest BCUT2D eigenvalue weighted by Crippen LogP contribution is -2.35. The summed E-state index contributed by atoms with van der Waals surface area (Å²) in [6.07, 6.45) is 6.88. The normalized spacial score (nSPS) is 17.0. The third-order valence-corrected chi connectivity index (χ3v) is 5.72. The molecule has 2 N–H and O–H groups in total. The molecule has 2 aromatic heterocycles. The summed E-state index contributed by atoms with van der Waals surface area (Å²) in [5.41, 5.74) is 1.32. The lowest BCUT2D eigenvalue weighted by atomic mass is 9.96. The molecular formula is C16H21N3O2S. The van der Waals surface area contributed by atoms with Crippen LogP contribution in [-0.4, -0.2) is 27.1 Å². The highest BCUT2D eigenvalue weighted by molar-refractivity contribution is 7.19. The number of aromatic nitrogens is 2. The van der Waals surface area contributed by atoms with Gasteiger partial charge in [0, 0.05) is 4.88 Å². The summed E-state index contributed by atoms with van der Waals surface area (Å²) in [5, 5.41) is 13.7. The highest BCUT2D eigenvalue weighted by Crippen LogP contribution is 2.38.